The van der Waals surface area contributed by atoms with Crippen molar-refractivity contribution in [3.05, 3.63) is 18.5 Å². The van der Waals surface area contributed by atoms with Gasteiger partial charge in [0.25, 0.3) is 0 Å². The van der Waals surface area contributed by atoms with E-state index in [4.69, 9.17) is 0 Å². The number of methoxy groups -OCH3 is 1. The fourth-order valence-corrected chi connectivity index (χ4v) is 1.98. The minimum atomic E-state index is -0.237. The van der Waals surface area contributed by atoms with E-state index in [-0.39, 0.29) is 24.3 Å². The summed E-state index contributed by atoms with van der Waals surface area (Å²) in [6, 6.07) is 1.77. The fraction of sp³-hybridized carbons (Fsp3) is 0.545. The second-order valence-electron chi connectivity index (χ2n) is 4.05. The van der Waals surface area contributed by atoms with Crippen LogP contribution < -0.4 is 0 Å². The zero-order valence-corrected chi connectivity index (χ0v) is 9.70. The second-order valence-corrected chi connectivity index (χ2v) is 4.05. The topological polar surface area (TPSA) is 64.4 Å². The van der Waals surface area contributed by atoms with E-state index in [9.17, 15) is 9.59 Å². The molecule has 17 heavy (non-hydrogen) atoms. The van der Waals surface area contributed by atoms with Crippen molar-refractivity contribution in [3.63, 3.8) is 0 Å². The van der Waals surface area contributed by atoms with Crippen molar-refractivity contribution in [1.82, 2.24) is 14.7 Å². The van der Waals surface area contributed by atoms with Crippen molar-refractivity contribution in [1.29, 1.82) is 0 Å². The Morgan fingerprint density at radius 2 is 2.35 bits per heavy atom. The Morgan fingerprint density at radius 1 is 1.53 bits per heavy atom. The van der Waals surface area contributed by atoms with Crippen LogP contribution in [0.3, 0.4) is 0 Å². The number of amides is 1. The molecule has 1 amide bonds. The van der Waals surface area contributed by atoms with Gasteiger partial charge in [-0.2, -0.15) is 5.10 Å². The van der Waals surface area contributed by atoms with E-state index >= 15 is 0 Å². The molecule has 1 unspecified atom stereocenters. The second kappa shape index (κ2) is 4.99. The van der Waals surface area contributed by atoms with Gasteiger partial charge in [0.2, 0.25) is 5.91 Å². The lowest BCUT2D eigenvalue weighted by atomic mass is 10.1. The van der Waals surface area contributed by atoms with Gasteiger partial charge in [-0.25, -0.2) is 0 Å². The summed E-state index contributed by atoms with van der Waals surface area (Å²) in [7, 11) is 1.37. The Morgan fingerprint density at radius 3 is 3.00 bits per heavy atom. The normalized spacial score (nSPS) is 19.4. The molecule has 1 aromatic rings. The van der Waals surface area contributed by atoms with Crippen LogP contribution in [0.15, 0.2) is 18.5 Å². The Kier molecular flexibility index (Phi) is 3.41. The maximum Gasteiger partial charge on any atom is 0.310 e. The molecule has 0 N–H and O–H groups in total. The van der Waals surface area contributed by atoms with Crippen molar-refractivity contribution in [3.8, 4) is 0 Å². The number of carbonyl (C=O) groups is 2. The van der Waals surface area contributed by atoms with Crippen LogP contribution in [0.4, 0.5) is 0 Å². The van der Waals surface area contributed by atoms with Crippen molar-refractivity contribution >= 4 is 11.9 Å². The van der Waals surface area contributed by atoms with Gasteiger partial charge in [-0.3, -0.25) is 14.3 Å². The highest BCUT2D eigenvalue weighted by molar-refractivity contribution is 5.79. The lowest BCUT2D eigenvalue weighted by Gasteiger charge is -2.15. The van der Waals surface area contributed by atoms with Gasteiger partial charge in [0.1, 0.15) is 6.54 Å². The van der Waals surface area contributed by atoms with Crippen molar-refractivity contribution in [2.45, 2.75) is 13.0 Å². The molecule has 92 valence electrons. The molecule has 6 heteroatoms. The smallest absolute Gasteiger partial charge is 0.310 e. The number of carbonyl (C=O) groups excluding carboxylic acids is 2. The molecule has 1 fully saturated rings. The van der Waals surface area contributed by atoms with E-state index in [0.29, 0.717) is 19.5 Å². The number of hydrogen-bond acceptors (Lipinski definition) is 4. The molecule has 0 bridgehead atoms. The molecule has 2 heterocycles. The zero-order valence-electron chi connectivity index (χ0n) is 9.70. The molecule has 0 aliphatic carbocycles. The quantitative estimate of drug-likeness (QED) is 0.689. The van der Waals surface area contributed by atoms with Crippen LogP contribution in [0.25, 0.3) is 0 Å². The number of ether oxygens (including phenoxy) is 1. The average molecular weight is 237 g/mol. The third kappa shape index (κ3) is 2.64. The first-order valence-electron chi connectivity index (χ1n) is 5.53. The number of nitrogens with zero attached hydrogens (tertiary/aromatic N) is 3. The lowest BCUT2D eigenvalue weighted by molar-refractivity contribution is -0.145. The molecular formula is C11H15N3O3. The highest BCUT2D eigenvalue weighted by Gasteiger charge is 2.31. The highest BCUT2D eigenvalue weighted by Crippen LogP contribution is 2.17. The largest absolute Gasteiger partial charge is 0.469 e. The van der Waals surface area contributed by atoms with E-state index in [2.05, 4.69) is 9.84 Å². The van der Waals surface area contributed by atoms with Crippen molar-refractivity contribution in [2.75, 3.05) is 20.2 Å². The van der Waals surface area contributed by atoms with E-state index in [1.54, 1.807) is 28.0 Å². The van der Waals surface area contributed by atoms with Gasteiger partial charge < -0.3 is 9.64 Å². The van der Waals surface area contributed by atoms with E-state index in [0.717, 1.165) is 0 Å². The number of esters is 1. The Balaban J connectivity index is 1.88. The van der Waals surface area contributed by atoms with Crippen LogP contribution in [0, 0.1) is 5.92 Å². The third-order valence-electron chi connectivity index (χ3n) is 2.93. The van der Waals surface area contributed by atoms with Crippen LogP contribution in [0.1, 0.15) is 6.42 Å². The summed E-state index contributed by atoms with van der Waals surface area (Å²) < 4.78 is 6.25. The molecule has 1 aliphatic rings. The lowest BCUT2D eigenvalue weighted by Crippen LogP contribution is -2.33. The molecule has 6 nitrogen and oxygen atoms in total. The number of aromatic nitrogens is 2. The van der Waals surface area contributed by atoms with Crippen LogP contribution in [0.2, 0.25) is 0 Å². The number of hydrogen-bond donors (Lipinski definition) is 0. The van der Waals surface area contributed by atoms with Crippen LogP contribution in [0.5, 0.6) is 0 Å². The summed E-state index contributed by atoms with van der Waals surface area (Å²) in [4.78, 5) is 24.9. The first kappa shape index (κ1) is 11.6. The Labute approximate surface area is 99.1 Å². The van der Waals surface area contributed by atoms with Gasteiger partial charge in [0.15, 0.2) is 0 Å². The molecule has 1 atom stereocenters. The van der Waals surface area contributed by atoms with Gasteiger partial charge in [-0.15, -0.1) is 0 Å². The van der Waals surface area contributed by atoms with Crippen LogP contribution in [-0.2, 0) is 20.9 Å². The Hall–Kier alpha value is -1.85. The molecule has 0 aromatic carbocycles. The summed E-state index contributed by atoms with van der Waals surface area (Å²) in [6.07, 6.45) is 4.05. The SMILES string of the molecule is COC(=O)C1CCN(C(=O)Cn2cccn2)C1. The van der Waals surface area contributed by atoms with E-state index < -0.39 is 0 Å². The number of rotatable bonds is 3. The maximum absolute atomic E-state index is 11.9. The van der Waals surface area contributed by atoms with Gasteiger partial charge >= 0.3 is 5.97 Å². The summed E-state index contributed by atoms with van der Waals surface area (Å²) >= 11 is 0. The zero-order chi connectivity index (χ0) is 12.3. The number of likely N-dealkylation sites (tertiary alicyclic amines) is 1. The van der Waals surface area contributed by atoms with Gasteiger partial charge in [-0.1, -0.05) is 0 Å². The van der Waals surface area contributed by atoms with Crippen LogP contribution >= 0.6 is 0 Å². The predicted octanol–water partition coefficient (Wildman–Crippen LogP) is -0.0954. The Bertz CT molecular complexity index is 402. The molecule has 0 spiro atoms. The standard InChI is InChI=1S/C11H15N3O3/c1-17-11(16)9-3-6-13(7-9)10(15)8-14-5-2-4-12-14/h2,4-5,9H,3,6-8H2,1H3. The summed E-state index contributed by atoms with van der Waals surface area (Å²) in [5.74, 6) is -0.430. The average Bonchev–Trinajstić information content (AvgIpc) is 2.98. The van der Waals surface area contributed by atoms with Crippen molar-refractivity contribution < 1.29 is 14.3 Å². The highest BCUT2D eigenvalue weighted by atomic mass is 16.5. The monoisotopic (exact) mass is 237 g/mol. The van der Waals surface area contributed by atoms with Crippen molar-refractivity contribution in [2.24, 2.45) is 5.92 Å². The molecule has 2 rings (SSSR count). The molecule has 0 radical (unpaired) electrons. The first-order chi connectivity index (χ1) is 8.20. The molecule has 1 saturated heterocycles. The molecular weight excluding hydrogens is 222 g/mol. The van der Waals surface area contributed by atoms with Gasteiger partial charge in [-0.05, 0) is 12.5 Å². The molecule has 1 aromatic heterocycles. The maximum atomic E-state index is 11.9. The van der Waals surface area contributed by atoms with E-state index in [1.165, 1.54) is 7.11 Å². The third-order valence-corrected chi connectivity index (χ3v) is 2.93. The fourth-order valence-electron chi connectivity index (χ4n) is 1.98. The first-order valence-corrected chi connectivity index (χ1v) is 5.53. The molecule has 0 saturated carbocycles. The van der Waals surface area contributed by atoms with Gasteiger partial charge in [0.05, 0.1) is 13.0 Å². The minimum Gasteiger partial charge on any atom is -0.469 e. The van der Waals surface area contributed by atoms with E-state index in [1.807, 2.05) is 0 Å². The predicted molar refractivity (Wildman–Crippen MR) is 58.9 cm³/mol. The summed E-state index contributed by atoms with van der Waals surface area (Å²) in [5.41, 5.74) is 0. The molecule has 1 aliphatic heterocycles. The summed E-state index contributed by atoms with van der Waals surface area (Å²) in [5, 5.41) is 3.98. The van der Waals surface area contributed by atoms with Crippen LogP contribution in [-0.4, -0.2) is 46.8 Å². The minimum absolute atomic E-state index is 0.0138. The van der Waals surface area contributed by atoms with Gasteiger partial charge in [0, 0.05) is 25.5 Å². The summed E-state index contributed by atoms with van der Waals surface area (Å²) in [6.45, 7) is 1.29.